The van der Waals surface area contributed by atoms with E-state index >= 15 is 0 Å². The number of aryl methyl sites for hydroxylation is 1. The highest BCUT2D eigenvalue weighted by Gasteiger charge is 2.12. The first-order chi connectivity index (χ1) is 13.8. The Balaban J connectivity index is 1.28. The molecule has 28 heavy (non-hydrogen) atoms. The molecule has 0 aliphatic carbocycles. The molecule has 4 aromatic rings. The molecule has 0 atom stereocenters. The predicted molar refractivity (Wildman–Crippen MR) is 102 cm³/mol. The highest BCUT2D eigenvalue weighted by atomic mass is 32.1. The topological polar surface area (TPSA) is 87.3 Å². The number of pyridine rings is 1. The third-order valence-corrected chi connectivity index (χ3v) is 4.53. The van der Waals surface area contributed by atoms with Crippen LogP contribution in [-0.2, 0) is 11.2 Å². The van der Waals surface area contributed by atoms with Gasteiger partial charge in [-0.1, -0.05) is 17.3 Å². The fraction of sp³-hybridized carbons (Fsp3) is 0.100. The molecule has 140 valence electrons. The lowest BCUT2D eigenvalue weighted by Gasteiger charge is -2.06. The second kappa shape index (κ2) is 8.45. The van der Waals surface area contributed by atoms with Gasteiger partial charge in [0.25, 0.3) is 0 Å². The molecule has 0 fully saturated rings. The average Bonchev–Trinajstić information content (AvgIpc) is 3.41. The van der Waals surface area contributed by atoms with Gasteiger partial charge < -0.3 is 14.0 Å². The molecule has 0 radical (unpaired) electrons. The van der Waals surface area contributed by atoms with Gasteiger partial charge in [0, 0.05) is 18.7 Å². The molecule has 0 bridgehead atoms. The molecular formula is C20H15N3O4S. The zero-order chi connectivity index (χ0) is 19.2. The molecule has 0 aliphatic heterocycles. The second-order valence-electron chi connectivity index (χ2n) is 5.70. The van der Waals surface area contributed by atoms with Crippen LogP contribution in [0.25, 0.3) is 10.7 Å². The van der Waals surface area contributed by atoms with Crippen molar-refractivity contribution in [3.05, 3.63) is 72.1 Å². The predicted octanol–water partition coefficient (Wildman–Crippen LogP) is 4.52. The van der Waals surface area contributed by atoms with Gasteiger partial charge in [-0.05, 0) is 41.8 Å². The van der Waals surface area contributed by atoms with Crippen molar-refractivity contribution < 1.29 is 18.8 Å². The highest BCUT2D eigenvalue weighted by molar-refractivity contribution is 7.13. The number of hydrogen-bond donors (Lipinski definition) is 0. The molecule has 0 spiro atoms. The summed E-state index contributed by atoms with van der Waals surface area (Å²) in [5.74, 6) is 2.08. The largest absolute Gasteiger partial charge is 0.439 e. The Morgan fingerprint density at radius 3 is 2.64 bits per heavy atom. The molecule has 7 nitrogen and oxygen atoms in total. The van der Waals surface area contributed by atoms with Gasteiger partial charge in [-0.2, -0.15) is 4.98 Å². The Morgan fingerprint density at radius 2 is 1.89 bits per heavy atom. The standard InChI is InChI=1S/C20H15N3O4S/c24-19(11-10-18-22-20(23-27-18)16-4-3-13-28-16)26-15-8-6-14(7-9-15)25-17-5-1-2-12-21-17/h1-9,12-13H,10-11H2. The molecule has 0 amide bonds. The minimum absolute atomic E-state index is 0.137. The van der Waals surface area contributed by atoms with Crippen molar-refractivity contribution in [2.24, 2.45) is 0 Å². The minimum Gasteiger partial charge on any atom is -0.439 e. The second-order valence-corrected chi connectivity index (χ2v) is 6.65. The van der Waals surface area contributed by atoms with Crippen LogP contribution in [0.1, 0.15) is 12.3 Å². The van der Waals surface area contributed by atoms with Gasteiger partial charge in [-0.3, -0.25) is 4.79 Å². The third kappa shape index (κ3) is 4.60. The lowest BCUT2D eigenvalue weighted by Crippen LogP contribution is -2.09. The van der Waals surface area contributed by atoms with E-state index in [4.69, 9.17) is 14.0 Å². The first-order valence-corrected chi connectivity index (χ1v) is 9.40. The van der Waals surface area contributed by atoms with Gasteiger partial charge in [-0.15, -0.1) is 11.3 Å². The van der Waals surface area contributed by atoms with Crippen molar-refractivity contribution in [1.82, 2.24) is 15.1 Å². The number of esters is 1. The molecule has 3 aromatic heterocycles. The van der Waals surface area contributed by atoms with Crippen LogP contribution >= 0.6 is 11.3 Å². The van der Waals surface area contributed by atoms with Crippen molar-refractivity contribution in [1.29, 1.82) is 0 Å². The summed E-state index contributed by atoms with van der Waals surface area (Å²) in [6.07, 6.45) is 2.11. The monoisotopic (exact) mass is 393 g/mol. The third-order valence-electron chi connectivity index (χ3n) is 3.67. The molecule has 0 aliphatic rings. The van der Waals surface area contributed by atoms with Crippen molar-refractivity contribution in [2.75, 3.05) is 0 Å². The lowest BCUT2D eigenvalue weighted by atomic mass is 10.3. The fourth-order valence-electron chi connectivity index (χ4n) is 2.36. The molecular weight excluding hydrogens is 378 g/mol. The van der Waals surface area contributed by atoms with Crippen LogP contribution in [0.3, 0.4) is 0 Å². The number of ether oxygens (including phenoxy) is 2. The highest BCUT2D eigenvalue weighted by Crippen LogP contribution is 2.23. The summed E-state index contributed by atoms with van der Waals surface area (Å²) < 4.78 is 16.1. The van der Waals surface area contributed by atoms with Gasteiger partial charge in [0.05, 0.1) is 11.3 Å². The molecule has 8 heteroatoms. The first kappa shape index (κ1) is 17.9. The Labute approximate surface area is 164 Å². The van der Waals surface area contributed by atoms with Gasteiger partial charge in [-0.25, -0.2) is 4.98 Å². The van der Waals surface area contributed by atoms with E-state index in [2.05, 4.69) is 15.1 Å². The minimum atomic E-state index is -0.380. The van der Waals surface area contributed by atoms with E-state index < -0.39 is 0 Å². The van der Waals surface area contributed by atoms with E-state index in [1.165, 1.54) is 11.3 Å². The summed E-state index contributed by atoms with van der Waals surface area (Å²) in [4.78, 5) is 21.3. The van der Waals surface area contributed by atoms with Crippen LogP contribution in [0.5, 0.6) is 17.4 Å². The smallest absolute Gasteiger partial charge is 0.311 e. The Bertz CT molecular complexity index is 1030. The zero-order valence-electron chi connectivity index (χ0n) is 14.6. The zero-order valence-corrected chi connectivity index (χ0v) is 15.5. The van der Waals surface area contributed by atoms with E-state index in [1.807, 2.05) is 29.6 Å². The number of carbonyl (C=O) groups excluding carboxylic acids is 1. The molecule has 0 saturated heterocycles. The fourth-order valence-corrected chi connectivity index (χ4v) is 3.01. The van der Waals surface area contributed by atoms with E-state index in [-0.39, 0.29) is 12.4 Å². The average molecular weight is 393 g/mol. The molecule has 0 unspecified atom stereocenters. The van der Waals surface area contributed by atoms with E-state index in [1.54, 1.807) is 36.5 Å². The molecule has 1 aromatic carbocycles. The van der Waals surface area contributed by atoms with E-state index in [9.17, 15) is 4.79 Å². The van der Waals surface area contributed by atoms with Crippen molar-refractivity contribution >= 4 is 17.3 Å². The number of rotatable bonds is 7. The maximum absolute atomic E-state index is 12.0. The van der Waals surface area contributed by atoms with Crippen LogP contribution in [0.15, 0.2) is 70.7 Å². The lowest BCUT2D eigenvalue weighted by molar-refractivity contribution is -0.134. The summed E-state index contributed by atoms with van der Waals surface area (Å²) in [5, 5.41) is 5.86. The maximum Gasteiger partial charge on any atom is 0.311 e. The van der Waals surface area contributed by atoms with Crippen molar-refractivity contribution in [3.8, 4) is 28.1 Å². The van der Waals surface area contributed by atoms with Crippen LogP contribution in [0, 0.1) is 0 Å². The number of benzene rings is 1. The van der Waals surface area contributed by atoms with Crippen LogP contribution in [0.2, 0.25) is 0 Å². The summed E-state index contributed by atoms with van der Waals surface area (Å²) in [5.41, 5.74) is 0. The Morgan fingerprint density at radius 1 is 1.04 bits per heavy atom. The number of aromatic nitrogens is 3. The summed E-state index contributed by atoms with van der Waals surface area (Å²) in [6, 6.07) is 16.0. The molecule has 0 N–H and O–H groups in total. The Kier molecular flexibility index (Phi) is 5.39. The summed E-state index contributed by atoms with van der Waals surface area (Å²) in [7, 11) is 0. The normalized spacial score (nSPS) is 10.6. The molecule has 0 saturated carbocycles. The number of hydrogen-bond acceptors (Lipinski definition) is 8. The SMILES string of the molecule is O=C(CCc1nc(-c2cccs2)no1)Oc1ccc(Oc2ccccn2)cc1. The summed E-state index contributed by atoms with van der Waals surface area (Å²) in [6.45, 7) is 0. The van der Waals surface area contributed by atoms with E-state index in [0.29, 0.717) is 35.5 Å². The van der Waals surface area contributed by atoms with Gasteiger partial charge in [0.2, 0.25) is 17.6 Å². The molecule has 3 heterocycles. The quantitative estimate of drug-likeness (QED) is 0.337. The Hall–Kier alpha value is -3.52. The molecule has 4 rings (SSSR count). The van der Waals surface area contributed by atoms with Crippen molar-refractivity contribution in [3.63, 3.8) is 0 Å². The number of thiophene rings is 1. The number of carbonyl (C=O) groups is 1. The van der Waals surface area contributed by atoms with Gasteiger partial charge in [0.1, 0.15) is 11.5 Å². The van der Waals surface area contributed by atoms with Crippen LogP contribution in [0.4, 0.5) is 0 Å². The first-order valence-electron chi connectivity index (χ1n) is 8.52. The van der Waals surface area contributed by atoms with Gasteiger partial charge in [0.15, 0.2) is 0 Å². The number of nitrogens with zero attached hydrogens (tertiary/aromatic N) is 3. The van der Waals surface area contributed by atoms with Crippen molar-refractivity contribution in [2.45, 2.75) is 12.8 Å². The van der Waals surface area contributed by atoms with E-state index in [0.717, 1.165) is 4.88 Å². The van der Waals surface area contributed by atoms with Crippen LogP contribution < -0.4 is 9.47 Å². The van der Waals surface area contributed by atoms with Crippen LogP contribution in [-0.4, -0.2) is 21.1 Å². The summed E-state index contributed by atoms with van der Waals surface area (Å²) >= 11 is 1.53. The maximum atomic E-state index is 12.0. The van der Waals surface area contributed by atoms with Gasteiger partial charge >= 0.3 is 5.97 Å².